The van der Waals surface area contributed by atoms with Gasteiger partial charge in [0.15, 0.2) is 0 Å². The van der Waals surface area contributed by atoms with E-state index >= 15 is 0 Å². The van der Waals surface area contributed by atoms with Crippen molar-refractivity contribution in [1.29, 1.82) is 0 Å². The molecule has 0 bridgehead atoms. The Hall–Kier alpha value is -1.63. The summed E-state index contributed by atoms with van der Waals surface area (Å²) in [6.07, 6.45) is 21.8. The molecule has 0 radical (unpaired) electrons. The van der Waals surface area contributed by atoms with Crippen LogP contribution in [0.15, 0.2) is 0 Å². The highest BCUT2D eigenvalue weighted by atomic mass is 16.5. The summed E-state index contributed by atoms with van der Waals surface area (Å²) in [4.78, 5) is 38.4. The Morgan fingerprint density at radius 3 is 0.925 bits per heavy atom. The zero-order chi connectivity index (χ0) is 29.5. The zero-order valence-corrected chi connectivity index (χ0v) is 26.5. The third-order valence-electron chi connectivity index (χ3n) is 7.22. The van der Waals surface area contributed by atoms with E-state index in [0.717, 1.165) is 38.5 Å². The molecule has 0 heterocycles. The molecule has 0 unspecified atom stereocenters. The van der Waals surface area contributed by atoms with Crippen LogP contribution in [-0.2, 0) is 28.6 Å². The molecule has 0 fully saturated rings. The van der Waals surface area contributed by atoms with Crippen molar-refractivity contribution in [1.82, 2.24) is 4.90 Å². The van der Waals surface area contributed by atoms with E-state index in [-0.39, 0.29) is 37.7 Å². The topological polar surface area (TPSA) is 82.1 Å². The van der Waals surface area contributed by atoms with Crippen molar-refractivity contribution in [2.45, 2.75) is 156 Å². The highest BCUT2D eigenvalue weighted by molar-refractivity contribution is 5.69. The molecule has 0 rings (SSSR count). The molecule has 236 valence electrons. The van der Waals surface area contributed by atoms with Crippen LogP contribution in [0, 0.1) is 0 Å². The fraction of sp³-hybridized carbons (Fsp3) is 0.909. The van der Waals surface area contributed by atoms with Crippen molar-refractivity contribution in [3.05, 3.63) is 0 Å². The van der Waals surface area contributed by atoms with Gasteiger partial charge in [-0.1, -0.05) is 117 Å². The van der Waals surface area contributed by atoms with Crippen LogP contribution in [0.3, 0.4) is 0 Å². The molecule has 0 saturated heterocycles. The first kappa shape index (κ1) is 38.4. The lowest BCUT2D eigenvalue weighted by Gasteiger charge is -2.22. The molecule has 0 spiro atoms. The van der Waals surface area contributed by atoms with Crippen molar-refractivity contribution in [2.75, 3.05) is 39.5 Å². The minimum atomic E-state index is -0.161. The van der Waals surface area contributed by atoms with Gasteiger partial charge in [0, 0.05) is 38.9 Å². The van der Waals surface area contributed by atoms with Gasteiger partial charge >= 0.3 is 17.9 Å². The highest BCUT2D eigenvalue weighted by Gasteiger charge is 2.11. The summed E-state index contributed by atoms with van der Waals surface area (Å²) >= 11 is 0. The maximum atomic E-state index is 12.1. The molecule has 40 heavy (non-hydrogen) atoms. The van der Waals surface area contributed by atoms with E-state index in [1.54, 1.807) is 0 Å². The van der Waals surface area contributed by atoms with E-state index in [9.17, 15) is 14.4 Å². The van der Waals surface area contributed by atoms with Crippen molar-refractivity contribution in [3.8, 4) is 0 Å². The van der Waals surface area contributed by atoms with Crippen LogP contribution < -0.4 is 0 Å². The van der Waals surface area contributed by atoms with Gasteiger partial charge in [-0.2, -0.15) is 0 Å². The summed E-state index contributed by atoms with van der Waals surface area (Å²) in [5.74, 6) is -0.483. The number of hydrogen-bond acceptors (Lipinski definition) is 7. The molecule has 7 heteroatoms. The maximum absolute atomic E-state index is 12.1. The SMILES string of the molecule is CCCCCCCCC(=O)OCCN(CCOC(=O)CCCCCCCC)CCOC(=O)CCCCCCCC. The molecule has 0 aliphatic rings. The first-order valence-corrected chi connectivity index (χ1v) is 16.7. The third kappa shape index (κ3) is 27.9. The molecule has 0 aliphatic heterocycles. The average Bonchev–Trinajstić information content (AvgIpc) is 2.94. The van der Waals surface area contributed by atoms with E-state index in [4.69, 9.17) is 14.2 Å². The zero-order valence-electron chi connectivity index (χ0n) is 26.5. The lowest BCUT2D eigenvalue weighted by molar-refractivity contribution is -0.144. The van der Waals surface area contributed by atoms with Crippen molar-refractivity contribution in [2.24, 2.45) is 0 Å². The van der Waals surface area contributed by atoms with Crippen molar-refractivity contribution in [3.63, 3.8) is 0 Å². The van der Waals surface area contributed by atoms with E-state index in [2.05, 4.69) is 20.8 Å². The van der Waals surface area contributed by atoms with E-state index in [0.29, 0.717) is 38.9 Å². The fourth-order valence-corrected chi connectivity index (χ4v) is 4.57. The Morgan fingerprint density at radius 1 is 0.400 bits per heavy atom. The number of unbranched alkanes of at least 4 members (excludes halogenated alkanes) is 15. The molecule has 0 aromatic rings. The van der Waals surface area contributed by atoms with Crippen LogP contribution in [0.4, 0.5) is 0 Å². The van der Waals surface area contributed by atoms with Crippen LogP contribution in [0.2, 0.25) is 0 Å². The molecular formula is C33H63NO6. The molecule has 0 aliphatic carbocycles. The second-order valence-corrected chi connectivity index (χ2v) is 11.1. The third-order valence-corrected chi connectivity index (χ3v) is 7.22. The highest BCUT2D eigenvalue weighted by Crippen LogP contribution is 2.10. The predicted octanol–water partition coefficient (Wildman–Crippen LogP) is 8.17. The van der Waals surface area contributed by atoms with Crippen LogP contribution in [0.25, 0.3) is 0 Å². The normalized spacial score (nSPS) is 11.1. The predicted molar refractivity (Wildman–Crippen MR) is 163 cm³/mol. The Labute approximate surface area is 246 Å². The average molecular weight is 570 g/mol. The number of hydrogen-bond donors (Lipinski definition) is 0. The molecule has 7 nitrogen and oxygen atoms in total. The summed E-state index contributed by atoms with van der Waals surface area (Å²) in [6, 6.07) is 0. The van der Waals surface area contributed by atoms with Gasteiger partial charge in [-0.25, -0.2) is 0 Å². The lowest BCUT2D eigenvalue weighted by Crippen LogP contribution is -2.35. The van der Waals surface area contributed by atoms with Gasteiger partial charge < -0.3 is 14.2 Å². The Kier molecular flexibility index (Phi) is 29.1. The molecule has 0 atom stereocenters. The quantitative estimate of drug-likeness (QED) is 0.0490. The molecular weight excluding hydrogens is 506 g/mol. The molecule has 0 aromatic carbocycles. The second-order valence-electron chi connectivity index (χ2n) is 11.1. The molecule has 0 amide bonds. The number of esters is 3. The maximum Gasteiger partial charge on any atom is 0.305 e. The van der Waals surface area contributed by atoms with Gasteiger partial charge in [-0.15, -0.1) is 0 Å². The summed E-state index contributed by atoms with van der Waals surface area (Å²) in [7, 11) is 0. The van der Waals surface area contributed by atoms with Crippen molar-refractivity contribution >= 4 is 17.9 Å². The smallest absolute Gasteiger partial charge is 0.305 e. The summed E-state index contributed by atoms with van der Waals surface area (Å²) in [5.41, 5.74) is 0. The van der Waals surface area contributed by atoms with Crippen molar-refractivity contribution < 1.29 is 28.6 Å². The number of ether oxygens (including phenoxy) is 3. The second kappa shape index (κ2) is 30.3. The lowest BCUT2D eigenvalue weighted by atomic mass is 10.1. The van der Waals surface area contributed by atoms with Crippen LogP contribution in [0.1, 0.15) is 156 Å². The Bertz CT molecular complexity index is 517. The van der Waals surface area contributed by atoms with Gasteiger partial charge in [-0.3, -0.25) is 19.3 Å². The number of rotatable bonds is 30. The largest absolute Gasteiger partial charge is 0.464 e. The standard InChI is InChI=1S/C33H63NO6/c1-4-7-10-13-16-19-22-31(35)38-28-25-34(26-29-39-32(36)23-20-17-14-11-8-5-2)27-30-40-33(37)24-21-18-15-12-9-6-3/h4-30H2,1-3H3. The number of carbonyl (C=O) groups is 3. The first-order valence-electron chi connectivity index (χ1n) is 16.7. The van der Waals surface area contributed by atoms with Crippen LogP contribution in [0.5, 0.6) is 0 Å². The molecule has 0 N–H and O–H groups in total. The number of carbonyl (C=O) groups excluding carboxylic acids is 3. The first-order chi connectivity index (χ1) is 19.5. The number of nitrogens with zero attached hydrogens (tertiary/aromatic N) is 1. The minimum absolute atomic E-state index is 0.161. The van der Waals surface area contributed by atoms with Crippen LogP contribution in [-0.4, -0.2) is 62.3 Å². The monoisotopic (exact) mass is 569 g/mol. The summed E-state index contributed by atoms with van der Waals surface area (Å²) in [5, 5.41) is 0. The van der Waals surface area contributed by atoms with Crippen LogP contribution >= 0.6 is 0 Å². The summed E-state index contributed by atoms with van der Waals surface area (Å²) in [6.45, 7) is 9.00. The fourth-order valence-electron chi connectivity index (χ4n) is 4.57. The molecule has 0 aromatic heterocycles. The van der Waals surface area contributed by atoms with Gasteiger partial charge in [0.05, 0.1) is 0 Å². The Balaban J connectivity index is 4.29. The van der Waals surface area contributed by atoms with Gasteiger partial charge in [0.25, 0.3) is 0 Å². The van der Waals surface area contributed by atoms with Gasteiger partial charge in [-0.05, 0) is 19.3 Å². The van der Waals surface area contributed by atoms with E-state index in [1.165, 1.54) is 77.0 Å². The Morgan fingerprint density at radius 2 is 0.650 bits per heavy atom. The van der Waals surface area contributed by atoms with E-state index < -0.39 is 0 Å². The minimum Gasteiger partial charge on any atom is -0.464 e. The van der Waals surface area contributed by atoms with E-state index in [1.807, 2.05) is 4.90 Å². The van der Waals surface area contributed by atoms with Gasteiger partial charge in [0.2, 0.25) is 0 Å². The summed E-state index contributed by atoms with van der Waals surface area (Å²) < 4.78 is 16.3. The van der Waals surface area contributed by atoms with Gasteiger partial charge in [0.1, 0.15) is 19.8 Å². The molecule has 0 saturated carbocycles.